The van der Waals surface area contributed by atoms with E-state index < -0.39 is 6.16 Å². The predicted octanol–water partition coefficient (Wildman–Crippen LogP) is 1.11. The maximum Gasteiger partial charge on any atom is 0.507 e. The molecule has 4 heteroatoms. The summed E-state index contributed by atoms with van der Waals surface area (Å²) in [6.07, 6.45) is 1.32. The maximum atomic E-state index is 10.5. The van der Waals surface area contributed by atoms with Gasteiger partial charge in [0.15, 0.2) is 0 Å². The van der Waals surface area contributed by atoms with Crippen LogP contribution in [0.1, 0.15) is 12.8 Å². The molecular weight excluding hydrogens is 158 g/mol. The smallest absolute Gasteiger partial charge is 0.438 e. The molecule has 0 aromatic heterocycles. The highest BCUT2D eigenvalue weighted by atomic mass is 16.7. The van der Waals surface area contributed by atoms with Gasteiger partial charge in [-0.2, -0.15) is 0 Å². The fourth-order valence-corrected chi connectivity index (χ4v) is 0.745. The molecule has 0 aliphatic carbocycles. The Labute approximate surface area is 73.4 Å². The van der Waals surface area contributed by atoms with E-state index in [4.69, 9.17) is 4.74 Å². The standard InChI is InChI=1S/C8H17NO3/c1-9(2)6-4-5-7-12-8(10)11-3/h4-7H2,1-3H3. The number of hydrogen-bond donors (Lipinski definition) is 0. The SMILES string of the molecule is COC(=O)OCCCCN(C)C. The molecule has 0 heterocycles. The zero-order valence-electron chi connectivity index (χ0n) is 8.00. The van der Waals surface area contributed by atoms with Crippen molar-refractivity contribution < 1.29 is 14.3 Å². The molecule has 0 aromatic rings. The van der Waals surface area contributed by atoms with E-state index in [1.54, 1.807) is 0 Å². The van der Waals surface area contributed by atoms with Crippen LogP contribution < -0.4 is 0 Å². The molecule has 4 nitrogen and oxygen atoms in total. The molecular formula is C8H17NO3. The molecule has 0 aliphatic rings. The predicted molar refractivity (Wildman–Crippen MR) is 46.1 cm³/mol. The minimum absolute atomic E-state index is 0.445. The Morgan fingerprint density at radius 1 is 1.33 bits per heavy atom. The Hall–Kier alpha value is -0.770. The van der Waals surface area contributed by atoms with Crippen molar-refractivity contribution in [2.24, 2.45) is 0 Å². The van der Waals surface area contributed by atoms with Crippen molar-refractivity contribution >= 4 is 6.16 Å². The lowest BCUT2D eigenvalue weighted by atomic mass is 10.3. The van der Waals surface area contributed by atoms with E-state index in [0.717, 1.165) is 19.4 Å². The summed E-state index contributed by atoms with van der Waals surface area (Å²) in [6.45, 7) is 1.46. The van der Waals surface area contributed by atoms with Crippen molar-refractivity contribution in [2.75, 3.05) is 34.4 Å². The van der Waals surface area contributed by atoms with Crippen LogP contribution in [0.4, 0.5) is 4.79 Å². The monoisotopic (exact) mass is 175 g/mol. The van der Waals surface area contributed by atoms with Crippen LogP contribution in [-0.4, -0.2) is 45.4 Å². The highest BCUT2D eigenvalue weighted by Gasteiger charge is 1.98. The van der Waals surface area contributed by atoms with Gasteiger partial charge in [-0.1, -0.05) is 0 Å². The fraction of sp³-hybridized carbons (Fsp3) is 0.875. The van der Waals surface area contributed by atoms with Gasteiger partial charge in [-0.25, -0.2) is 4.79 Å². The van der Waals surface area contributed by atoms with Crippen LogP contribution in [0.15, 0.2) is 0 Å². The number of carbonyl (C=O) groups is 1. The van der Waals surface area contributed by atoms with E-state index in [2.05, 4.69) is 9.64 Å². The van der Waals surface area contributed by atoms with Gasteiger partial charge >= 0.3 is 6.16 Å². The Kier molecular flexibility index (Phi) is 6.47. The highest BCUT2D eigenvalue weighted by molar-refractivity contribution is 5.59. The first-order valence-electron chi connectivity index (χ1n) is 4.02. The van der Waals surface area contributed by atoms with Crippen LogP contribution in [0.25, 0.3) is 0 Å². The molecule has 0 rings (SSSR count). The van der Waals surface area contributed by atoms with Gasteiger partial charge in [0, 0.05) is 0 Å². The average molecular weight is 175 g/mol. The van der Waals surface area contributed by atoms with Crippen LogP contribution in [0.3, 0.4) is 0 Å². The molecule has 0 unspecified atom stereocenters. The third-order valence-electron chi connectivity index (χ3n) is 1.39. The molecule has 0 saturated heterocycles. The third kappa shape index (κ3) is 7.34. The summed E-state index contributed by atoms with van der Waals surface area (Å²) in [7, 11) is 5.34. The summed E-state index contributed by atoms with van der Waals surface area (Å²) < 4.78 is 9.00. The number of methoxy groups -OCH3 is 1. The number of rotatable bonds is 5. The van der Waals surface area contributed by atoms with Gasteiger partial charge in [-0.05, 0) is 33.5 Å². The summed E-state index contributed by atoms with van der Waals surface area (Å²) in [5.41, 5.74) is 0. The van der Waals surface area contributed by atoms with Gasteiger partial charge in [-0.15, -0.1) is 0 Å². The van der Waals surface area contributed by atoms with Gasteiger partial charge in [0.2, 0.25) is 0 Å². The Morgan fingerprint density at radius 3 is 2.50 bits per heavy atom. The lowest BCUT2D eigenvalue weighted by Crippen LogP contribution is -2.14. The summed E-state index contributed by atoms with van der Waals surface area (Å²) in [4.78, 5) is 12.5. The van der Waals surface area contributed by atoms with Crippen LogP contribution in [0, 0.1) is 0 Å². The molecule has 72 valence electrons. The Balaban J connectivity index is 3.05. The summed E-state index contributed by atoms with van der Waals surface area (Å²) >= 11 is 0. The van der Waals surface area contributed by atoms with E-state index in [9.17, 15) is 4.79 Å². The number of unbranched alkanes of at least 4 members (excludes halogenated alkanes) is 1. The second kappa shape index (κ2) is 6.91. The van der Waals surface area contributed by atoms with E-state index >= 15 is 0 Å². The van der Waals surface area contributed by atoms with Crippen molar-refractivity contribution in [1.29, 1.82) is 0 Å². The van der Waals surface area contributed by atoms with E-state index in [1.165, 1.54) is 7.11 Å². The third-order valence-corrected chi connectivity index (χ3v) is 1.39. The largest absolute Gasteiger partial charge is 0.507 e. The maximum absolute atomic E-state index is 10.5. The summed E-state index contributed by atoms with van der Waals surface area (Å²) in [5, 5.41) is 0. The Morgan fingerprint density at radius 2 is 2.00 bits per heavy atom. The van der Waals surface area contributed by atoms with Crippen LogP contribution in [-0.2, 0) is 9.47 Å². The molecule has 0 saturated carbocycles. The number of nitrogens with zero attached hydrogens (tertiary/aromatic N) is 1. The minimum Gasteiger partial charge on any atom is -0.438 e. The van der Waals surface area contributed by atoms with Gasteiger partial charge in [-0.3, -0.25) is 0 Å². The quantitative estimate of drug-likeness (QED) is 0.463. The van der Waals surface area contributed by atoms with Crippen molar-refractivity contribution in [1.82, 2.24) is 4.90 Å². The average Bonchev–Trinajstić information content (AvgIpc) is 2.03. The number of ether oxygens (including phenoxy) is 2. The second-order valence-electron chi connectivity index (χ2n) is 2.81. The lowest BCUT2D eigenvalue weighted by Gasteiger charge is -2.08. The summed E-state index contributed by atoms with van der Waals surface area (Å²) in [6, 6.07) is 0. The molecule has 0 amide bonds. The number of hydrogen-bond acceptors (Lipinski definition) is 4. The van der Waals surface area contributed by atoms with E-state index in [1.807, 2.05) is 14.1 Å². The minimum atomic E-state index is -0.597. The van der Waals surface area contributed by atoms with Gasteiger partial charge in [0.1, 0.15) is 0 Å². The van der Waals surface area contributed by atoms with E-state index in [-0.39, 0.29) is 0 Å². The molecule has 0 bridgehead atoms. The normalized spacial score (nSPS) is 10.0. The van der Waals surface area contributed by atoms with Gasteiger partial charge in [0.05, 0.1) is 13.7 Å². The Bertz CT molecular complexity index is 125. The number of carbonyl (C=O) groups excluding carboxylic acids is 1. The first kappa shape index (κ1) is 11.2. The molecule has 0 fully saturated rings. The van der Waals surface area contributed by atoms with Gasteiger partial charge < -0.3 is 14.4 Å². The van der Waals surface area contributed by atoms with Crippen molar-refractivity contribution in [3.63, 3.8) is 0 Å². The van der Waals surface area contributed by atoms with Crippen LogP contribution in [0.2, 0.25) is 0 Å². The van der Waals surface area contributed by atoms with Crippen LogP contribution in [0.5, 0.6) is 0 Å². The highest BCUT2D eigenvalue weighted by Crippen LogP contribution is 1.92. The first-order valence-corrected chi connectivity index (χ1v) is 4.02. The van der Waals surface area contributed by atoms with Crippen LogP contribution >= 0.6 is 0 Å². The summed E-state index contributed by atoms with van der Waals surface area (Å²) in [5.74, 6) is 0. The topological polar surface area (TPSA) is 38.8 Å². The van der Waals surface area contributed by atoms with Crippen molar-refractivity contribution in [3.8, 4) is 0 Å². The lowest BCUT2D eigenvalue weighted by molar-refractivity contribution is 0.0710. The zero-order valence-corrected chi connectivity index (χ0v) is 8.00. The zero-order chi connectivity index (χ0) is 9.40. The van der Waals surface area contributed by atoms with Gasteiger partial charge in [0.25, 0.3) is 0 Å². The molecule has 0 aliphatic heterocycles. The molecule has 0 atom stereocenters. The second-order valence-corrected chi connectivity index (χ2v) is 2.81. The van der Waals surface area contributed by atoms with Crippen molar-refractivity contribution in [3.05, 3.63) is 0 Å². The molecule has 0 radical (unpaired) electrons. The van der Waals surface area contributed by atoms with E-state index in [0.29, 0.717) is 6.61 Å². The van der Waals surface area contributed by atoms with Crippen molar-refractivity contribution in [2.45, 2.75) is 12.8 Å². The molecule has 0 spiro atoms. The first-order chi connectivity index (χ1) is 5.66. The fourth-order valence-electron chi connectivity index (χ4n) is 0.745. The molecule has 12 heavy (non-hydrogen) atoms. The molecule has 0 aromatic carbocycles. The molecule has 0 N–H and O–H groups in total.